The number of aromatic hydroxyl groups is 1. The van der Waals surface area contributed by atoms with Crippen LogP contribution < -0.4 is 19.7 Å². The average molecular weight is 543 g/mol. The molecule has 9 heteroatoms. The van der Waals surface area contributed by atoms with Gasteiger partial charge in [-0.15, -0.1) is 0 Å². The Hall–Kier alpha value is -4.40. The third kappa shape index (κ3) is 3.60. The summed E-state index contributed by atoms with van der Waals surface area (Å²) in [5.41, 5.74) is 0.957. The van der Waals surface area contributed by atoms with E-state index < -0.39 is 29.1 Å². The van der Waals surface area contributed by atoms with Crippen LogP contribution in [-0.4, -0.2) is 43.0 Å². The molecule has 0 radical (unpaired) electrons. The van der Waals surface area contributed by atoms with Gasteiger partial charge in [0.05, 0.1) is 43.1 Å². The number of rotatable bonds is 5. The molecule has 4 amide bonds. The lowest BCUT2D eigenvalue weighted by atomic mass is 9.52. The SMILES string of the molecule is COc1cc(C=CC2C3=CCC4C(=O)NC(=O)C4C3CC3C(=O)N(c4ccccc4)C(=O)C23C)cc(OC)c1O. The molecule has 2 saturated heterocycles. The van der Waals surface area contributed by atoms with Gasteiger partial charge in [0.2, 0.25) is 29.4 Å². The Morgan fingerprint density at radius 3 is 2.33 bits per heavy atom. The number of imide groups is 2. The molecule has 1 saturated carbocycles. The summed E-state index contributed by atoms with van der Waals surface area (Å²) < 4.78 is 10.6. The average Bonchev–Trinajstić information content (AvgIpc) is 3.35. The Morgan fingerprint density at radius 1 is 1.00 bits per heavy atom. The largest absolute Gasteiger partial charge is 0.502 e. The van der Waals surface area contributed by atoms with Crippen LogP contribution in [0.2, 0.25) is 0 Å². The first-order valence-corrected chi connectivity index (χ1v) is 13.3. The molecule has 40 heavy (non-hydrogen) atoms. The zero-order chi connectivity index (χ0) is 28.3. The summed E-state index contributed by atoms with van der Waals surface area (Å²) in [5, 5.41) is 12.8. The Labute approximate surface area is 231 Å². The van der Waals surface area contributed by atoms with E-state index in [-0.39, 0.29) is 46.8 Å². The first-order chi connectivity index (χ1) is 19.2. The van der Waals surface area contributed by atoms with E-state index in [4.69, 9.17) is 9.47 Å². The molecule has 4 aliphatic rings. The molecule has 2 aromatic rings. The van der Waals surface area contributed by atoms with Crippen molar-refractivity contribution in [2.75, 3.05) is 19.1 Å². The summed E-state index contributed by atoms with van der Waals surface area (Å²) >= 11 is 0. The van der Waals surface area contributed by atoms with Crippen molar-refractivity contribution in [1.82, 2.24) is 5.32 Å². The number of anilines is 1. The number of amides is 4. The number of phenols is 1. The highest BCUT2D eigenvalue weighted by Gasteiger charge is 2.66. The number of para-hydroxylation sites is 1. The van der Waals surface area contributed by atoms with Crippen molar-refractivity contribution in [3.8, 4) is 17.2 Å². The Balaban J connectivity index is 1.48. The number of fused-ring (bicyclic) bond motifs is 4. The van der Waals surface area contributed by atoms with Gasteiger partial charge in [-0.1, -0.05) is 42.0 Å². The molecule has 6 atom stereocenters. The van der Waals surface area contributed by atoms with E-state index in [1.165, 1.54) is 19.1 Å². The van der Waals surface area contributed by atoms with E-state index in [2.05, 4.69) is 5.32 Å². The quantitative estimate of drug-likeness (QED) is 0.438. The normalized spacial score (nSPS) is 31.0. The second-order valence-corrected chi connectivity index (χ2v) is 11.0. The second kappa shape index (κ2) is 9.36. The molecule has 0 aromatic heterocycles. The van der Waals surface area contributed by atoms with Gasteiger partial charge in [0.25, 0.3) is 0 Å². The number of hydrogen-bond donors (Lipinski definition) is 2. The highest BCUT2D eigenvalue weighted by molar-refractivity contribution is 6.24. The van der Waals surface area contributed by atoms with Gasteiger partial charge in [0.15, 0.2) is 11.5 Å². The monoisotopic (exact) mass is 542 g/mol. The standard InChI is InChI=1S/C31H30N2O7/c1-31-21(12-9-16-13-23(39-2)26(34)24(14-16)40-3)18-10-11-19-25(28(36)32-27(19)35)20(18)15-22(31)29(37)33(30(31)38)17-7-5-4-6-8-17/h4-10,12-14,19-22,25,34H,11,15H2,1-3H3,(H,32,35,36). The molecule has 2 heterocycles. The number of nitrogens with one attached hydrogen (secondary N) is 1. The lowest BCUT2D eigenvalue weighted by Crippen LogP contribution is -2.49. The summed E-state index contributed by atoms with van der Waals surface area (Å²) in [6, 6.07) is 12.2. The summed E-state index contributed by atoms with van der Waals surface area (Å²) in [6.45, 7) is 1.83. The van der Waals surface area contributed by atoms with Crippen molar-refractivity contribution in [2.45, 2.75) is 19.8 Å². The van der Waals surface area contributed by atoms with E-state index in [1.807, 2.05) is 31.2 Å². The Kier molecular flexibility index (Phi) is 6.05. The molecule has 6 unspecified atom stereocenters. The molecule has 206 valence electrons. The molecule has 2 aromatic carbocycles. The summed E-state index contributed by atoms with van der Waals surface area (Å²) in [5.74, 6) is -3.45. The minimum atomic E-state index is -1.11. The van der Waals surface area contributed by atoms with E-state index in [0.29, 0.717) is 24.1 Å². The molecule has 2 aliphatic carbocycles. The van der Waals surface area contributed by atoms with Crippen molar-refractivity contribution >= 4 is 35.4 Å². The Bertz CT molecular complexity index is 1470. The highest BCUT2D eigenvalue weighted by atomic mass is 16.5. The third-order valence-corrected chi connectivity index (χ3v) is 9.19. The topological polar surface area (TPSA) is 122 Å². The van der Waals surface area contributed by atoms with E-state index in [9.17, 15) is 24.3 Å². The van der Waals surface area contributed by atoms with Gasteiger partial charge in [0, 0.05) is 5.92 Å². The molecule has 9 nitrogen and oxygen atoms in total. The lowest BCUT2D eigenvalue weighted by molar-refractivity contribution is -0.132. The number of allylic oxidation sites excluding steroid dienone is 3. The predicted molar refractivity (Wildman–Crippen MR) is 145 cm³/mol. The van der Waals surface area contributed by atoms with Crippen LogP contribution in [0.3, 0.4) is 0 Å². The van der Waals surface area contributed by atoms with Crippen molar-refractivity contribution in [3.05, 3.63) is 65.8 Å². The van der Waals surface area contributed by atoms with Gasteiger partial charge < -0.3 is 14.6 Å². The number of phenolic OH excluding ortho intramolecular Hbond substituents is 1. The van der Waals surface area contributed by atoms with Gasteiger partial charge in [-0.05, 0) is 55.5 Å². The van der Waals surface area contributed by atoms with Crippen LogP contribution in [0, 0.1) is 35.0 Å². The number of carbonyl (C=O) groups is 4. The van der Waals surface area contributed by atoms with Gasteiger partial charge >= 0.3 is 0 Å². The van der Waals surface area contributed by atoms with Gasteiger partial charge in [-0.25, -0.2) is 4.90 Å². The molecule has 0 bridgehead atoms. The van der Waals surface area contributed by atoms with Gasteiger partial charge in [-0.2, -0.15) is 0 Å². The zero-order valence-corrected chi connectivity index (χ0v) is 22.4. The predicted octanol–water partition coefficient (Wildman–Crippen LogP) is 3.47. The number of nitrogens with zero attached hydrogens (tertiary/aromatic N) is 1. The van der Waals surface area contributed by atoms with Crippen LogP contribution in [0.15, 0.2) is 60.2 Å². The fourth-order valence-electron chi connectivity index (χ4n) is 7.17. The van der Waals surface area contributed by atoms with Gasteiger partial charge in [-0.3, -0.25) is 24.5 Å². The van der Waals surface area contributed by atoms with Crippen LogP contribution in [-0.2, 0) is 19.2 Å². The van der Waals surface area contributed by atoms with Crippen LogP contribution in [0.1, 0.15) is 25.3 Å². The first kappa shape index (κ1) is 25.9. The molecule has 0 spiro atoms. The molecular weight excluding hydrogens is 512 g/mol. The number of carbonyl (C=O) groups excluding carboxylic acids is 4. The highest BCUT2D eigenvalue weighted by Crippen LogP contribution is 2.60. The molecule has 3 fully saturated rings. The number of benzene rings is 2. The van der Waals surface area contributed by atoms with E-state index >= 15 is 0 Å². The molecule has 2 aliphatic heterocycles. The number of methoxy groups -OCH3 is 2. The lowest BCUT2D eigenvalue weighted by Gasteiger charge is -2.47. The summed E-state index contributed by atoms with van der Waals surface area (Å²) in [6.07, 6.45) is 6.40. The third-order valence-electron chi connectivity index (χ3n) is 9.19. The van der Waals surface area contributed by atoms with Crippen molar-refractivity contribution in [1.29, 1.82) is 0 Å². The van der Waals surface area contributed by atoms with Crippen LogP contribution in [0.25, 0.3) is 6.08 Å². The Morgan fingerprint density at radius 2 is 1.68 bits per heavy atom. The minimum Gasteiger partial charge on any atom is -0.502 e. The van der Waals surface area contributed by atoms with E-state index in [1.54, 1.807) is 36.4 Å². The smallest absolute Gasteiger partial charge is 0.241 e. The van der Waals surface area contributed by atoms with Crippen molar-refractivity contribution < 1.29 is 33.8 Å². The molecule has 6 rings (SSSR count). The van der Waals surface area contributed by atoms with Crippen LogP contribution in [0.5, 0.6) is 17.2 Å². The number of ether oxygens (including phenoxy) is 2. The minimum absolute atomic E-state index is 0.125. The van der Waals surface area contributed by atoms with Crippen molar-refractivity contribution in [3.63, 3.8) is 0 Å². The van der Waals surface area contributed by atoms with Gasteiger partial charge in [0.1, 0.15) is 0 Å². The van der Waals surface area contributed by atoms with Crippen LogP contribution in [0.4, 0.5) is 5.69 Å². The van der Waals surface area contributed by atoms with Crippen molar-refractivity contribution in [2.24, 2.45) is 35.0 Å². The second-order valence-electron chi connectivity index (χ2n) is 11.0. The fourth-order valence-corrected chi connectivity index (χ4v) is 7.17. The van der Waals surface area contributed by atoms with Crippen LogP contribution >= 0.6 is 0 Å². The maximum atomic E-state index is 14.2. The summed E-state index contributed by atoms with van der Waals surface area (Å²) in [7, 11) is 2.88. The van der Waals surface area contributed by atoms with E-state index in [0.717, 1.165) is 5.57 Å². The molecule has 2 N–H and O–H groups in total. The fraction of sp³-hybridized carbons (Fsp3) is 0.355. The summed E-state index contributed by atoms with van der Waals surface area (Å²) in [4.78, 5) is 54.9. The maximum Gasteiger partial charge on any atom is 0.241 e. The maximum absolute atomic E-state index is 14.2. The number of hydrogen-bond acceptors (Lipinski definition) is 7. The molecular formula is C31H30N2O7. The zero-order valence-electron chi connectivity index (χ0n) is 22.4. The first-order valence-electron chi connectivity index (χ1n) is 13.3.